The summed E-state index contributed by atoms with van der Waals surface area (Å²) in [5.41, 5.74) is 2.93. The van der Waals surface area contributed by atoms with Crippen molar-refractivity contribution in [1.82, 2.24) is 10.3 Å². The number of rotatable bonds is 5. The Morgan fingerprint density at radius 1 is 1.67 bits per heavy atom. The SMILES string of the molecule is Cc1ncsc1CCNC(=O)C[C@@H]1CCCOC1. The number of aromatic nitrogens is 1. The smallest absolute Gasteiger partial charge is 0.220 e. The third-order valence-electron chi connectivity index (χ3n) is 3.25. The van der Waals surface area contributed by atoms with Gasteiger partial charge in [-0.1, -0.05) is 0 Å². The van der Waals surface area contributed by atoms with Crippen LogP contribution in [0.25, 0.3) is 0 Å². The molecule has 1 amide bonds. The standard InChI is InChI=1S/C13H20N2O2S/c1-10-12(18-9-15-10)4-5-14-13(16)7-11-3-2-6-17-8-11/h9,11H,2-8H2,1H3,(H,14,16)/t11-/m0/s1. The minimum atomic E-state index is 0.146. The van der Waals surface area contributed by atoms with E-state index >= 15 is 0 Å². The second-order valence-electron chi connectivity index (χ2n) is 4.75. The lowest BCUT2D eigenvalue weighted by molar-refractivity contribution is -0.123. The lowest BCUT2D eigenvalue weighted by atomic mass is 9.98. The first-order chi connectivity index (χ1) is 8.75. The molecule has 100 valence electrons. The van der Waals surface area contributed by atoms with Crippen LogP contribution in [0.2, 0.25) is 0 Å². The van der Waals surface area contributed by atoms with E-state index in [0.717, 1.165) is 38.2 Å². The lowest BCUT2D eigenvalue weighted by Crippen LogP contribution is -2.30. The third-order valence-corrected chi connectivity index (χ3v) is 4.24. The number of hydrogen-bond donors (Lipinski definition) is 1. The maximum absolute atomic E-state index is 11.7. The molecule has 1 atom stereocenters. The Morgan fingerprint density at radius 3 is 3.22 bits per heavy atom. The zero-order valence-electron chi connectivity index (χ0n) is 10.8. The number of nitrogens with one attached hydrogen (secondary N) is 1. The molecule has 1 aromatic rings. The summed E-state index contributed by atoms with van der Waals surface area (Å²) in [6.45, 7) is 4.30. The van der Waals surface area contributed by atoms with Crippen molar-refractivity contribution in [1.29, 1.82) is 0 Å². The van der Waals surface area contributed by atoms with Crippen molar-refractivity contribution >= 4 is 17.2 Å². The van der Waals surface area contributed by atoms with Gasteiger partial charge in [-0.15, -0.1) is 11.3 Å². The zero-order valence-corrected chi connectivity index (χ0v) is 11.6. The van der Waals surface area contributed by atoms with Crippen molar-refractivity contribution in [2.45, 2.75) is 32.6 Å². The molecule has 1 aromatic heterocycles. The van der Waals surface area contributed by atoms with Crippen LogP contribution in [0.1, 0.15) is 29.8 Å². The molecular formula is C13H20N2O2S. The molecule has 1 aliphatic heterocycles. The number of aryl methyl sites for hydroxylation is 1. The molecule has 5 heteroatoms. The highest BCUT2D eigenvalue weighted by Crippen LogP contribution is 2.17. The fraction of sp³-hybridized carbons (Fsp3) is 0.692. The molecule has 0 unspecified atom stereocenters. The summed E-state index contributed by atoms with van der Waals surface area (Å²) in [7, 11) is 0. The second kappa shape index (κ2) is 6.85. The normalized spacial score (nSPS) is 19.7. The van der Waals surface area contributed by atoms with Crippen molar-refractivity contribution in [3.05, 3.63) is 16.1 Å². The highest BCUT2D eigenvalue weighted by atomic mass is 32.1. The number of nitrogens with zero attached hydrogens (tertiary/aromatic N) is 1. The number of carbonyl (C=O) groups excluding carboxylic acids is 1. The Labute approximate surface area is 112 Å². The van der Waals surface area contributed by atoms with Crippen molar-refractivity contribution in [2.75, 3.05) is 19.8 Å². The number of thiazole rings is 1. The van der Waals surface area contributed by atoms with Crippen LogP contribution in [0.5, 0.6) is 0 Å². The predicted molar refractivity (Wildman–Crippen MR) is 71.7 cm³/mol. The van der Waals surface area contributed by atoms with Crippen LogP contribution in [-0.2, 0) is 16.0 Å². The van der Waals surface area contributed by atoms with Crippen molar-refractivity contribution in [3.8, 4) is 0 Å². The maximum atomic E-state index is 11.7. The van der Waals surface area contributed by atoms with Gasteiger partial charge in [0, 0.05) is 37.5 Å². The first kappa shape index (κ1) is 13.5. The fourth-order valence-electron chi connectivity index (χ4n) is 2.18. The summed E-state index contributed by atoms with van der Waals surface area (Å²) in [6.07, 6.45) is 3.67. The topological polar surface area (TPSA) is 51.2 Å². The monoisotopic (exact) mass is 268 g/mol. The fourth-order valence-corrected chi connectivity index (χ4v) is 2.97. The van der Waals surface area contributed by atoms with E-state index in [1.165, 1.54) is 4.88 Å². The summed E-state index contributed by atoms with van der Waals surface area (Å²) in [6, 6.07) is 0. The van der Waals surface area contributed by atoms with E-state index < -0.39 is 0 Å². The second-order valence-corrected chi connectivity index (χ2v) is 5.69. The van der Waals surface area contributed by atoms with Crippen molar-refractivity contribution in [2.24, 2.45) is 5.92 Å². The molecule has 0 bridgehead atoms. The average molecular weight is 268 g/mol. The van der Waals surface area contributed by atoms with E-state index in [-0.39, 0.29) is 5.91 Å². The first-order valence-corrected chi connectivity index (χ1v) is 7.37. The molecular weight excluding hydrogens is 248 g/mol. The van der Waals surface area contributed by atoms with Gasteiger partial charge >= 0.3 is 0 Å². The minimum absolute atomic E-state index is 0.146. The summed E-state index contributed by atoms with van der Waals surface area (Å²) >= 11 is 1.65. The van der Waals surface area contributed by atoms with E-state index in [0.29, 0.717) is 18.9 Å². The van der Waals surface area contributed by atoms with Gasteiger partial charge in [-0.3, -0.25) is 4.79 Å². The van der Waals surface area contributed by atoms with Gasteiger partial charge in [0.2, 0.25) is 5.91 Å². The van der Waals surface area contributed by atoms with Crippen LogP contribution in [0, 0.1) is 12.8 Å². The highest BCUT2D eigenvalue weighted by molar-refractivity contribution is 7.09. The van der Waals surface area contributed by atoms with Gasteiger partial charge in [0.15, 0.2) is 0 Å². The molecule has 18 heavy (non-hydrogen) atoms. The van der Waals surface area contributed by atoms with E-state index in [2.05, 4.69) is 10.3 Å². The molecule has 1 fully saturated rings. The van der Waals surface area contributed by atoms with Crippen molar-refractivity contribution < 1.29 is 9.53 Å². The third kappa shape index (κ3) is 4.07. The van der Waals surface area contributed by atoms with Gasteiger partial charge in [0.1, 0.15) is 0 Å². The first-order valence-electron chi connectivity index (χ1n) is 6.49. The van der Waals surface area contributed by atoms with Gasteiger partial charge in [0.25, 0.3) is 0 Å². The molecule has 0 spiro atoms. The van der Waals surface area contributed by atoms with E-state index in [1.54, 1.807) is 11.3 Å². The number of hydrogen-bond acceptors (Lipinski definition) is 4. The van der Waals surface area contributed by atoms with Gasteiger partial charge < -0.3 is 10.1 Å². The van der Waals surface area contributed by atoms with E-state index in [1.807, 2.05) is 12.4 Å². The molecule has 2 rings (SSSR count). The average Bonchev–Trinajstić information content (AvgIpc) is 2.76. The number of carbonyl (C=O) groups is 1. The highest BCUT2D eigenvalue weighted by Gasteiger charge is 2.17. The van der Waals surface area contributed by atoms with Gasteiger partial charge in [0.05, 0.1) is 11.2 Å². The van der Waals surface area contributed by atoms with Crippen LogP contribution < -0.4 is 5.32 Å². The Morgan fingerprint density at radius 2 is 2.56 bits per heavy atom. The van der Waals surface area contributed by atoms with Gasteiger partial charge in [-0.2, -0.15) is 0 Å². The minimum Gasteiger partial charge on any atom is -0.381 e. The van der Waals surface area contributed by atoms with Crippen LogP contribution in [0.4, 0.5) is 0 Å². The molecule has 0 radical (unpaired) electrons. The largest absolute Gasteiger partial charge is 0.381 e. The Hall–Kier alpha value is -0.940. The molecule has 1 aliphatic rings. The predicted octanol–water partition coefficient (Wildman–Crippen LogP) is 1.93. The number of ether oxygens (including phenoxy) is 1. The Kier molecular flexibility index (Phi) is 5.13. The van der Waals surface area contributed by atoms with Crippen LogP contribution in [0.15, 0.2) is 5.51 Å². The van der Waals surface area contributed by atoms with Gasteiger partial charge in [-0.05, 0) is 25.7 Å². The molecule has 2 heterocycles. The molecule has 4 nitrogen and oxygen atoms in total. The molecule has 0 aromatic carbocycles. The van der Waals surface area contributed by atoms with Crippen LogP contribution >= 0.6 is 11.3 Å². The van der Waals surface area contributed by atoms with Crippen LogP contribution in [0.3, 0.4) is 0 Å². The molecule has 1 saturated heterocycles. The summed E-state index contributed by atoms with van der Waals surface area (Å²) < 4.78 is 5.38. The number of amides is 1. The Balaban J connectivity index is 1.64. The van der Waals surface area contributed by atoms with Crippen molar-refractivity contribution in [3.63, 3.8) is 0 Å². The molecule has 0 saturated carbocycles. The van der Waals surface area contributed by atoms with Crippen LogP contribution in [-0.4, -0.2) is 30.6 Å². The molecule has 1 N–H and O–H groups in total. The summed E-state index contributed by atoms with van der Waals surface area (Å²) in [5, 5.41) is 2.98. The maximum Gasteiger partial charge on any atom is 0.220 e. The van der Waals surface area contributed by atoms with E-state index in [4.69, 9.17) is 4.74 Å². The van der Waals surface area contributed by atoms with Gasteiger partial charge in [-0.25, -0.2) is 4.98 Å². The van der Waals surface area contributed by atoms with E-state index in [9.17, 15) is 4.79 Å². The zero-order chi connectivity index (χ0) is 12.8. The lowest BCUT2D eigenvalue weighted by Gasteiger charge is -2.21. The Bertz CT molecular complexity index is 386. The summed E-state index contributed by atoms with van der Waals surface area (Å²) in [5.74, 6) is 0.552. The summed E-state index contributed by atoms with van der Waals surface area (Å²) in [4.78, 5) is 17.2. The molecule has 0 aliphatic carbocycles. The quantitative estimate of drug-likeness (QED) is 0.887.